The smallest absolute Gasteiger partial charge is 0.321 e. The Hall–Kier alpha value is -3.29. The zero-order valence-electron chi connectivity index (χ0n) is 16.0. The number of likely N-dealkylation sites (tertiary alicyclic amines) is 1. The lowest BCUT2D eigenvalue weighted by atomic mass is 9.91. The molecule has 0 spiro atoms. The standard InChI is InChI=1S/C20H23N7O/c1-13-11-21-12-22-18(13)15-7-9-27(10-8-15)20(28)24-17-5-3-16(4-6-17)19-23-14(2)25-26-19/h3-6,11-12,15H,7-10H2,1-2H3,(H,24,28)(H,23,25,26). The second-order valence-corrected chi connectivity index (χ2v) is 7.10. The summed E-state index contributed by atoms with van der Waals surface area (Å²) in [6.07, 6.45) is 5.28. The Morgan fingerprint density at radius 2 is 1.93 bits per heavy atom. The number of hydrogen-bond donors (Lipinski definition) is 2. The minimum Gasteiger partial charge on any atom is -0.324 e. The highest BCUT2D eigenvalue weighted by Gasteiger charge is 2.25. The van der Waals surface area contributed by atoms with Crippen molar-refractivity contribution in [2.45, 2.75) is 32.6 Å². The van der Waals surface area contributed by atoms with Crippen LogP contribution in [0.2, 0.25) is 0 Å². The number of rotatable bonds is 3. The molecule has 28 heavy (non-hydrogen) atoms. The quantitative estimate of drug-likeness (QED) is 0.729. The Morgan fingerprint density at radius 1 is 1.18 bits per heavy atom. The van der Waals surface area contributed by atoms with Crippen LogP contribution in [0.15, 0.2) is 36.8 Å². The van der Waals surface area contributed by atoms with Crippen LogP contribution in [-0.4, -0.2) is 49.2 Å². The fraction of sp³-hybridized carbons (Fsp3) is 0.350. The van der Waals surface area contributed by atoms with Gasteiger partial charge in [0.05, 0.1) is 0 Å². The molecule has 3 aromatic rings. The van der Waals surface area contributed by atoms with Crippen LogP contribution in [0.3, 0.4) is 0 Å². The Kier molecular flexibility index (Phi) is 5.01. The van der Waals surface area contributed by atoms with Crippen molar-refractivity contribution in [1.29, 1.82) is 0 Å². The normalized spacial score (nSPS) is 14.9. The van der Waals surface area contributed by atoms with Gasteiger partial charge in [0.1, 0.15) is 12.2 Å². The van der Waals surface area contributed by atoms with Gasteiger partial charge in [0.2, 0.25) is 0 Å². The van der Waals surface area contributed by atoms with Gasteiger partial charge in [-0.25, -0.2) is 19.7 Å². The zero-order chi connectivity index (χ0) is 19.5. The number of anilines is 1. The Morgan fingerprint density at radius 3 is 2.57 bits per heavy atom. The highest BCUT2D eigenvalue weighted by molar-refractivity contribution is 5.89. The fourth-order valence-corrected chi connectivity index (χ4v) is 3.57. The molecule has 1 aromatic carbocycles. The molecule has 1 fully saturated rings. The summed E-state index contributed by atoms with van der Waals surface area (Å²) in [6, 6.07) is 7.48. The number of nitrogens with zero attached hydrogens (tertiary/aromatic N) is 5. The highest BCUT2D eigenvalue weighted by atomic mass is 16.2. The molecular formula is C20H23N7O. The molecular weight excluding hydrogens is 354 g/mol. The molecule has 3 heterocycles. The monoisotopic (exact) mass is 377 g/mol. The lowest BCUT2D eigenvalue weighted by molar-refractivity contribution is 0.194. The van der Waals surface area contributed by atoms with E-state index in [1.165, 1.54) is 0 Å². The number of aromatic amines is 1. The van der Waals surface area contributed by atoms with Crippen molar-refractivity contribution in [2.24, 2.45) is 0 Å². The number of H-pyrrole nitrogens is 1. The van der Waals surface area contributed by atoms with Gasteiger partial charge < -0.3 is 10.2 Å². The van der Waals surface area contributed by atoms with E-state index in [0.29, 0.717) is 24.8 Å². The number of piperidine rings is 1. The number of carbonyl (C=O) groups excluding carboxylic acids is 1. The van der Waals surface area contributed by atoms with Gasteiger partial charge in [-0.3, -0.25) is 5.10 Å². The Balaban J connectivity index is 1.34. The van der Waals surface area contributed by atoms with Crippen molar-refractivity contribution >= 4 is 11.7 Å². The third-order valence-corrected chi connectivity index (χ3v) is 5.10. The summed E-state index contributed by atoms with van der Waals surface area (Å²) in [7, 11) is 0. The maximum Gasteiger partial charge on any atom is 0.321 e. The van der Waals surface area contributed by atoms with E-state index >= 15 is 0 Å². The second-order valence-electron chi connectivity index (χ2n) is 7.10. The molecule has 0 aliphatic carbocycles. The lowest BCUT2D eigenvalue weighted by Gasteiger charge is -2.32. The first-order chi connectivity index (χ1) is 13.6. The second kappa shape index (κ2) is 7.75. The maximum atomic E-state index is 12.6. The van der Waals surface area contributed by atoms with Gasteiger partial charge >= 0.3 is 6.03 Å². The number of carbonyl (C=O) groups is 1. The molecule has 144 valence electrons. The number of nitrogens with one attached hydrogen (secondary N) is 2. The Bertz CT molecular complexity index is 959. The van der Waals surface area contributed by atoms with Crippen molar-refractivity contribution in [1.82, 2.24) is 30.0 Å². The topological polar surface area (TPSA) is 99.7 Å². The van der Waals surface area contributed by atoms with E-state index in [0.717, 1.165) is 41.2 Å². The lowest BCUT2D eigenvalue weighted by Crippen LogP contribution is -2.40. The summed E-state index contributed by atoms with van der Waals surface area (Å²) in [5.41, 5.74) is 3.89. The van der Waals surface area contributed by atoms with Crippen molar-refractivity contribution < 1.29 is 4.79 Å². The first-order valence-electron chi connectivity index (χ1n) is 9.42. The van der Waals surface area contributed by atoms with Gasteiger partial charge in [0.15, 0.2) is 5.82 Å². The molecule has 8 nitrogen and oxygen atoms in total. The first kappa shape index (κ1) is 18.1. The Labute approximate surface area is 163 Å². The first-order valence-corrected chi connectivity index (χ1v) is 9.42. The van der Waals surface area contributed by atoms with Crippen LogP contribution in [0.1, 0.15) is 35.8 Å². The molecule has 0 saturated carbocycles. The molecule has 4 rings (SSSR count). The SMILES string of the molecule is Cc1nc(-c2ccc(NC(=O)N3CCC(c4ncncc4C)CC3)cc2)n[nH]1. The van der Waals surface area contributed by atoms with Crippen LogP contribution < -0.4 is 5.32 Å². The van der Waals surface area contributed by atoms with Gasteiger partial charge in [0, 0.05) is 42.1 Å². The van der Waals surface area contributed by atoms with E-state index in [9.17, 15) is 4.79 Å². The average molecular weight is 377 g/mol. The molecule has 1 saturated heterocycles. The van der Waals surface area contributed by atoms with Gasteiger partial charge in [-0.05, 0) is 56.5 Å². The van der Waals surface area contributed by atoms with Gasteiger partial charge in [-0.2, -0.15) is 5.10 Å². The molecule has 2 N–H and O–H groups in total. The molecule has 2 aromatic heterocycles. The molecule has 0 bridgehead atoms. The van der Waals surface area contributed by atoms with E-state index in [1.807, 2.05) is 49.2 Å². The van der Waals surface area contributed by atoms with Crippen LogP contribution in [0.5, 0.6) is 0 Å². The van der Waals surface area contributed by atoms with Crippen molar-refractivity contribution in [3.8, 4) is 11.4 Å². The van der Waals surface area contributed by atoms with Crippen LogP contribution in [0.4, 0.5) is 10.5 Å². The zero-order valence-corrected chi connectivity index (χ0v) is 16.0. The fourth-order valence-electron chi connectivity index (χ4n) is 3.57. The van der Waals surface area contributed by atoms with E-state index in [2.05, 4.69) is 30.5 Å². The number of aromatic nitrogens is 5. The predicted molar refractivity (Wildman–Crippen MR) is 106 cm³/mol. The van der Waals surface area contributed by atoms with Crippen LogP contribution in [0, 0.1) is 13.8 Å². The molecule has 0 atom stereocenters. The summed E-state index contributed by atoms with van der Waals surface area (Å²) >= 11 is 0. The molecule has 2 amide bonds. The molecule has 0 unspecified atom stereocenters. The summed E-state index contributed by atoms with van der Waals surface area (Å²) in [5, 5.41) is 9.95. The highest BCUT2D eigenvalue weighted by Crippen LogP contribution is 2.28. The minimum atomic E-state index is -0.0700. The van der Waals surface area contributed by atoms with E-state index in [4.69, 9.17) is 0 Å². The summed E-state index contributed by atoms with van der Waals surface area (Å²) in [5.74, 6) is 1.81. The number of benzene rings is 1. The number of amides is 2. The van der Waals surface area contributed by atoms with Crippen molar-refractivity contribution in [3.63, 3.8) is 0 Å². The molecule has 1 aliphatic heterocycles. The van der Waals surface area contributed by atoms with E-state index < -0.39 is 0 Å². The summed E-state index contributed by atoms with van der Waals surface area (Å²) in [4.78, 5) is 27.3. The number of urea groups is 1. The largest absolute Gasteiger partial charge is 0.324 e. The molecule has 8 heteroatoms. The van der Waals surface area contributed by atoms with Gasteiger partial charge in [-0.15, -0.1) is 0 Å². The number of aryl methyl sites for hydroxylation is 2. The van der Waals surface area contributed by atoms with Crippen LogP contribution >= 0.6 is 0 Å². The van der Waals surface area contributed by atoms with Gasteiger partial charge in [-0.1, -0.05) is 0 Å². The minimum absolute atomic E-state index is 0.0700. The maximum absolute atomic E-state index is 12.6. The number of hydrogen-bond acceptors (Lipinski definition) is 5. The average Bonchev–Trinajstić information content (AvgIpc) is 3.15. The van der Waals surface area contributed by atoms with Crippen LogP contribution in [-0.2, 0) is 0 Å². The third kappa shape index (κ3) is 3.85. The third-order valence-electron chi connectivity index (χ3n) is 5.10. The van der Waals surface area contributed by atoms with Crippen LogP contribution in [0.25, 0.3) is 11.4 Å². The van der Waals surface area contributed by atoms with E-state index in [1.54, 1.807) is 6.33 Å². The summed E-state index contributed by atoms with van der Waals surface area (Å²) in [6.45, 7) is 5.33. The molecule has 0 radical (unpaired) electrons. The predicted octanol–water partition coefficient (Wildman–Crippen LogP) is 3.29. The van der Waals surface area contributed by atoms with E-state index in [-0.39, 0.29) is 6.03 Å². The summed E-state index contributed by atoms with van der Waals surface area (Å²) < 4.78 is 0. The molecule has 1 aliphatic rings. The van der Waals surface area contributed by atoms with Crippen molar-refractivity contribution in [3.05, 3.63) is 53.9 Å². The van der Waals surface area contributed by atoms with Gasteiger partial charge in [0.25, 0.3) is 0 Å². The van der Waals surface area contributed by atoms with Crippen molar-refractivity contribution in [2.75, 3.05) is 18.4 Å².